The first-order valence-electron chi connectivity index (χ1n) is 4.82. The number of anilines is 1. The lowest BCUT2D eigenvalue weighted by Crippen LogP contribution is -2.05. The number of carbonyl (C=O) groups is 1. The summed E-state index contributed by atoms with van der Waals surface area (Å²) in [5, 5.41) is 2.97. The van der Waals surface area contributed by atoms with Crippen LogP contribution >= 0.6 is 11.8 Å². The number of hydrogen-bond acceptors (Lipinski definition) is 6. The Labute approximate surface area is 99.0 Å². The molecule has 0 aliphatic rings. The van der Waals surface area contributed by atoms with E-state index in [-0.39, 0.29) is 5.97 Å². The zero-order chi connectivity index (χ0) is 12.0. The van der Waals surface area contributed by atoms with Gasteiger partial charge in [0, 0.05) is 18.8 Å². The quantitative estimate of drug-likeness (QED) is 0.782. The molecule has 0 aromatic carbocycles. The van der Waals surface area contributed by atoms with Crippen LogP contribution in [0, 0.1) is 6.92 Å². The molecule has 0 fully saturated rings. The zero-order valence-electron chi connectivity index (χ0n) is 9.61. The van der Waals surface area contributed by atoms with E-state index >= 15 is 0 Å². The van der Waals surface area contributed by atoms with Crippen LogP contribution in [-0.2, 0) is 15.3 Å². The molecule has 0 amide bonds. The summed E-state index contributed by atoms with van der Waals surface area (Å²) >= 11 is 1.44. The van der Waals surface area contributed by atoms with E-state index < -0.39 is 0 Å². The molecule has 1 N–H and O–H groups in total. The van der Waals surface area contributed by atoms with Crippen molar-refractivity contribution < 1.29 is 9.53 Å². The Bertz CT molecular complexity index is 371. The molecule has 0 aliphatic heterocycles. The van der Waals surface area contributed by atoms with E-state index in [1.54, 1.807) is 0 Å². The Balaban J connectivity index is 2.53. The van der Waals surface area contributed by atoms with Crippen molar-refractivity contribution >= 4 is 23.5 Å². The van der Waals surface area contributed by atoms with Crippen LogP contribution in [0.4, 0.5) is 5.82 Å². The average molecular weight is 241 g/mol. The van der Waals surface area contributed by atoms with Crippen LogP contribution in [0.1, 0.15) is 11.5 Å². The van der Waals surface area contributed by atoms with Gasteiger partial charge in [-0.2, -0.15) is 0 Å². The molecule has 0 radical (unpaired) electrons. The number of thioether (sulfide) groups is 1. The minimum absolute atomic E-state index is 0.230. The molecule has 1 rings (SSSR count). The Morgan fingerprint density at radius 2 is 2.31 bits per heavy atom. The SMILES string of the molecule is CNc1cc(C)nc(CSCC(=O)OC)n1. The number of rotatable bonds is 5. The molecule has 0 saturated carbocycles. The molecular formula is C10H15N3O2S. The van der Waals surface area contributed by atoms with Crippen molar-refractivity contribution in [2.45, 2.75) is 12.7 Å². The van der Waals surface area contributed by atoms with Gasteiger partial charge in [0.15, 0.2) is 0 Å². The lowest BCUT2D eigenvalue weighted by molar-refractivity contribution is -0.137. The van der Waals surface area contributed by atoms with Crippen molar-refractivity contribution in [2.75, 3.05) is 25.2 Å². The van der Waals surface area contributed by atoms with Crippen LogP contribution in [0.2, 0.25) is 0 Å². The van der Waals surface area contributed by atoms with Gasteiger partial charge in [-0.15, -0.1) is 11.8 Å². The summed E-state index contributed by atoms with van der Waals surface area (Å²) in [5.41, 5.74) is 0.910. The highest BCUT2D eigenvalue weighted by molar-refractivity contribution is 7.99. The third-order valence-electron chi connectivity index (χ3n) is 1.84. The van der Waals surface area contributed by atoms with E-state index in [4.69, 9.17) is 0 Å². The summed E-state index contributed by atoms with van der Waals surface area (Å²) in [6.07, 6.45) is 0. The Morgan fingerprint density at radius 3 is 2.94 bits per heavy atom. The molecule has 0 unspecified atom stereocenters. The van der Waals surface area contributed by atoms with Crippen molar-refractivity contribution in [1.82, 2.24) is 9.97 Å². The van der Waals surface area contributed by atoms with Crippen molar-refractivity contribution in [3.63, 3.8) is 0 Å². The fourth-order valence-electron chi connectivity index (χ4n) is 1.11. The van der Waals surface area contributed by atoms with Crippen molar-refractivity contribution in [1.29, 1.82) is 0 Å². The Kier molecular flexibility index (Phi) is 5.04. The van der Waals surface area contributed by atoms with E-state index in [2.05, 4.69) is 20.0 Å². The molecule has 0 atom stereocenters. The van der Waals surface area contributed by atoms with Gasteiger partial charge in [0.25, 0.3) is 0 Å². The maximum Gasteiger partial charge on any atom is 0.315 e. The number of methoxy groups -OCH3 is 1. The topological polar surface area (TPSA) is 64.1 Å². The van der Waals surface area contributed by atoms with Crippen LogP contribution in [0.25, 0.3) is 0 Å². The van der Waals surface area contributed by atoms with Gasteiger partial charge >= 0.3 is 5.97 Å². The number of nitrogens with zero attached hydrogens (tertiary/aromatic N) is 2. The van der Waals surface area contributed by atoms with Gasteiger partial charge in [0.2, 0.25) is 0 Å². The first-order valence-corrected chi connectivity index (χ1v) is 5.98. The van der Waals surface area contributed by atoms with Crippen LogP contribution in [-0.4, -0.2) is 35.8 Å². The molecule has 0 bridgehead atoms. The number of aromatic nitrogens is 2. The molecule has 16 heavy (non-hydrogen) atoms. The van der Waals surface area contributed by atoms with Gasteiger partial charge in [-0.1, -0.05) is 0 Å². The molecule has 1 aromatic rings. The number of hydrogen-bond donors (Lipinski definition) is 1. The maximum atomic E-state index is 10.9. The lowest BCUT2D eigenvalue weighted by atomic mass is 10.4. The van der Waals surface area contributed by atoms with Gasteiger partial charge in [-0.25, -0.2) is 9.97 Å². The molecule has 1 aromatic heterocycles. The lowest BCUT2D eigenvalue weighted by Gasteiger charge is -2.04. The first kappa shape index (κ1) is 12.8. The molecule has 1 heterocycles. The van der Waals surface area contributed by atoms with E-state index in [0.717, 1.165) is 17.3 Å². The maximum absolute atomic E-state index is 10.9. The average Bonchev–Trinajstić information content (AvgIpc) is 2.28. The summed E-state index contributed by atoms with van der Waals surface area (Å²) in [6, 6.07) is 1.87. The standard InChI is InChI=1S/C10H15N3O2S/c1-7-4-8(11-2)13-9(12-7)5-16-6-10(14)15-3/h4H,5-6H2,1-3H3,(H,11,12,13). The van der Waals surface area contributed by atoms with Gasteiger partial charge in [0.05, 0.1) is 18.6 Å². The van der Waals surface area contributed by atoms with Crippen LogP contribution in [0.5, 0.6) is 0 Å². The van der Waals surface area contributed by atoms with Gasteiger partial charge in [-0.3, -0.25) is 4.79 Å². The normalized spacial score (nSPS) is 9.94. The molecule has 5 nitrogen and oxygen atoms in total. The van der Waals surface area contributed by atoms with E-state index in [1.807, 2.05) is 20.0 Å². The van der Waals surface area contributed by atoms with Gasteiger partial charge in [-0.05, 0) is 6.92 Å². The number of carbonyl (C=O) groups excluding carboxylic acids is 1. The van der Waals surface area contributed by atoms with E-state index in [0.29, 0.717) is 11.5 Å². The van der Waals surface area contributed by atoms with Crippen LogP contribution in [0.15, 0.2) is 6.07 Å². The van der Waals surface area contributed by atoms with Gasteiger partial charge < -0.3 is 10.1 Å². The van der Waals surface area contributed by atoms with E-state index in [1.165, 1.54) is 18.9 Å². The minimum atomic E-state index is -0.230. The molecule has 0 spiro atoms. The smallest absolute Gasteiger partial charge is 0.315 e. The van der Waals surface area contributed by atoms with E-state index in [9.17, 15) is 4.79 Å². The summed E-state index contributed by atoms with van der Waals surface area (Å²) < 4.78 is 4.54. The second-order valence-corrected chi connectivity index (χ2v) is 4.12. The molecule has 0 aliphatic carbocycles. The largest absolute Gasteiger partial charge is 0.468 e. The summed E-state index contributed by atoms with van der Waals surface area (Å²) in [6.45, 7) is 1.91. The highest BCUT2D eigenvalue weighted by Crippen LogP contribution is 2.12. The predicted molar refractivity (Wildman–Crippen MR) is 64.5 cm³/mol. The molecular weight excluding hydrogens is 226 g/mol. The predicted octanol–water partition coefficient (Wildman–Crippen LogP) is 1.23. The van der Waals surface area contributed by atoms with Crippen molar-refractivity contribution in [3.05, 3.63) is 17.6 Å². The van der Waals surface area contributed by atoms with Crippen LogP contribution < -0.4 is 5.32 Å². The fourth-order valence-corrected chi connectivity index (χ4v) is 1.81. The van der Waals surface area contributed by atoms with Gasteiger partial charge in [0.1, 0.15) is 11.6 Å². The zero-order valence-corrected chi connectivity index (χ0v) is 10.4. The molecule has 0 saturated heterocycles. The molecule has 6 heteroatoms. The molecule has 88 valence electrons. The monoisotopic (exact) mass is 241 g/mol. The second kappa shape index (κ2) is 6.32. The number of nitrogens with one attached hydrogen (secondary N) is 1. The van der Waals surface area contributed by atoms with Crippen molar-refractivity contribution in [3.8, 4) is 0 Å². The Morgan fingerprint density at radius 1 is 1.56 bits per heavy atom. The fraction of sp³-hybridized carbons (Fsp3) is 0.500. The summed E-state index contributed by atoms with van der Waals surface area (Å²) in [7, 11) is 3.19. The summed E-state index contributed by atoms with van der Waals surface area (Å²) in [4.78, 5) is 19.5. The van der Waals surface area contributed by atoms with Crippen LogP contribution in [0.3, 0.4) is 0 Å². The highest BCUT2D eigenvalue weighted by Gasteiger charge is 2.04. The minimum Gasteiger partial charge on any atom is -0.468 e. The highest BCUT2D eigenvalue weighted by atomic mass is 32.2. The first-order chi connectivity index (χ1) is 7.65. The summed E-state index contributed by atoms with van der Waals surface area (Å²) in [5.74, 6) is 2.21. The third-order valence-corrected chi connectivity index (χ3v) is 2.74. The third kappa shape index (κ3) is 4.06. The van der Waals surface area contributed by atoms with Crippen molar-refractivity contribution in [2.24, 2.45) is 0 Å². The Hall–Kier alpha value is -1.30. The number of ether oxygens (including phenoxy) is 1. The number of esters is 1. The number of aryl methyl sites for hydroxylation is 1. The second-order valence-electron chi connectivity index (χ2n) is 3.13.